The van der Waals surface area contributed by atoms with Crippen LogP contribution in [0.25, 0.3) is 6.08 Å². The van der Waals surface area contributed by atoms with E-state index < -0.39 is 12.1 Å². The van der Waals surface area contributed by atoms with Gasteiger partial charge in [0.05, 0.1) is 7.11 Å². The molecule has 26 heavy (non-hydrogen) atoms. The molecule has 0 aromatic heterocycles. The zero-order valence-electron chi connectivity index (χ0n) is 14.6. The van der Waals surface area contributed by atoms with Gasteiger partial charge in [-0.1, -0.05) is 42.5 Å². The van der Waals surface area contributed by atoms with E-state index in [1.54, 1.807) is 31.4 Å². The number of carbonyl (C=O) groups is 2. The van der Waals surface area contributed by atoms with Crippen LogP contribution in [0.1, 0.15) is 30.1 Å². The lowest BCUT2D eigenvalue weighted by molar-refractivity contribution is -0.151. The van der Waals surface area contributed by atoms with Crippen LogP contribution >= 0.6 is 0 Å². The molecule has 0 aliphatic heterocycles. The van der Waals surface area contributed by atoms with E-state index in [1.165, 1.54) is 6.08 Å². The number of ether oxygens (including phenoxy) is 2. The first-order valence-electron chi connectivity index (χ1n) is 8.54. The molecule has 5 nitrogen and oxygen atoms in total. The van der Waals surface area contributed by atoms with Gasteiger partial charge in [0, 0.05) is 17.7 Å². The highest BCUT2D eigenvalue weighted by Gasteiger charge is 2.30. The van der Waals surface area contributed by atoms with E-state index in [0.29, 0.717) is 11.3 Å². The molecule has 1 aliphatic rings. The summed E-state index contributed by atoms with van der Waals surface area (Å²) in [4.78, 5) is 24.7. The largest absolute Gasteiger partial charge is 0.497 e. The maximum Gasteiger partial charge on any atom is 0.331 e. The molecule has 0 unspecified atom stereocenters. The van der Waals surface area contributed by atoms with Crippen LogP contribution in [0.4, 0.5) is 0 Å². The average molecular weight is 351 g/mol. The number of esters is 1. The predicted octanol–water partition coefficient (Wildman–Crippen LogP) is 3.27. The number of hydrogen-bond donors (Lipinski definition) is 1. The van der Waals surface area contributed by atoms with E-state index in [2.05, 4.69) is 5.32 Å². The van der Waals surface area contributed by atoms with Gasteiger partial charge in [-0.25, -0.2) is 4.79 Å². The Kier molecular flexibility index (Phi) is 5.69. The summed E-state index contributed by atoms with van der Waals surface area (Å²) in [6.07, 6.45) is 3.92. The summed E-state index contributed by atoms with van der Waals surface area (Å²) in [6, 6.07) is 16.5. The van der Waals surface area contributed by atoms with E-state index in [-0.39, 0.29) is 11.9 Å². The molecule has 0 bridgehead atoms. The number of rotatable bonds is 7. The van der Waals surface area contributed by atoms with Crippen molar-refractivity contribution in [3.8, 4) is 5.75 Å². The summed E-state index contributed by atoms with van der Waals surface area (Å²) in [5.74, 6) is -0.166. The van der Waals surface area contributed by atoms with Crippen LogP contribution in [0.15, 0.2) is 60.7 Å². The zero-order chi connectivity index (χ0) is 18.4. The lowest BCUT2D eigenvalue weighted by Gasteiger charge is -2.17. The molecule has 5 heteroatoms. The number of methoxy groups -OCH3 is 1. The lowest BCUT2D eigenvalue weighted by Crippen LogP contribution is -2.33. The normalized spacial score (nSPS) is 14.7. The van der Waals surface area contributed by atoms with Crippen LogP contribution in [0.5, 0.6) is 5.75 Å². The van der Waals surface area contributed by atoms with Crippen molar-refractivity contribution in [2.24, 2.45) is 0 Å². The fraction of sp³-hybridized carbons (Fsp3) is 0.238. The monoisotopic (exact) mass is 351 g/mol. The maximum absolute atomic E-state index is 12.5. The van der Waals surface area contributed by atoms with Crippen molar-refractivity contribution in [1.29, 1.82) is 0 Å². The summed E-state index contributed by atoms with van der Waals surface area (Å²) < 4.78 is 10.6. The number of benzene rings is 2. The molecule has 1 aliphatic carbocycles. The molecule has 1 amide bonds. The molecule has 1 fully saturated rings. The number of carbonyl (C=O) groups excluding carboxylic acids is 2. The van der Waals surface area contributed by atoms with Crippen molar-refractivity contribution in [3.63, 3.8) is 0 Å². The molecule has 0 radical (unpaired) electrons. The Morgan fingerprint density at radius 1 is 1.12 bits per heavy atom. The first-order valence-corrected chi connectivity index (χ1v) is 8.54. The van der Waals surface area contributed by atoms with Gasteiger partial charge in [0.25, 0.3) is 5.91 Å². The lowest BCUT2D eigenvalue weighted by atomic mass is 10.1. The Balaban J connectivity index is 1.69. The first-order chi connectivity index (χ1) is 12.7. The minimum absolute atomic E-state index is 0.194. The van der Waals surface area contributed by atoms with Crippen molar-refractivity contribution in [2.45, 2.75) is 25.0 Å². The third-order valence-electron chi connectivity index (χ3n) is 4.00. The Bertz CT molecular complexity index is 797. The molecule has 134 valence electrons. The summed E-state index contributed by atoms with van der Waals surface area (Å²) in [6.45, 7) is 0. The summed E-state index contributed by atoms with van der Waals surface area (Å²) in [7, 11) is 1.58. The Hall–Kier alpha value is -3.08. The van der Waals surface area contributed by atoms with Gasteiger partial charge in [-0.15, -0.1) is 0 Å². The molecular formula is C21H21NO4. The summed E-state index contributed by atoms with van der Waals surface area (Å²) in [5.41, 5.74) is 1.45. The molecule has 0 saturated heterocycles. The molecule has 3 rings (SSSR count). The highest BCUT2D eigenvalue weighted by Crippen LogP contribution is 2.23. The van der Waals surface area contributed by atoms with Gasteiger partial charge in [0.2, 0.25) is 6.10 Å². The third kappa shape index (κ3) is 4.96. The Morgan fingerprint density at radius 3 is 2.58 bits per heavy atom. The number of amides is 1. The third-order valence-corrected chi connectivity index (χ3v) is 4.00. The van der Waals surface area contributed by atoms with Crippen molar-refractivity contribution in [1.82, 2.24) is 5.32 Å². The maximum atomic E-state index is 12.5. The molecule has 1 saturated carbocycles. The Labute approximate surface area is 152 Å². The topological polar surface area (TPSA) is 64.6 Å². The van der Waals surface area contributed by atoms with Gasteiger partial charge < -0.3 is 14.8 Å². The molecule has 1 N–H and O–H groups in total. The summed E-state index contributed by atoms with van der Waals surface area (Å²) >= 11 is 0. The average Bonchev–Trinajstić information content (AvgIpc) is 3.49. The number of hydrogen-bond acceptors (Lipinski definition) is 4. The van der Waals surface area contributed by atoms with Crippen LogP contribution < -0.4 is 10.1 Å². The van der Waals surface area contributed by atoms with Gasteiger partial charge in [0.1, 0.15) is 5.75 Å². The molecular weight excluding hydrogens is 330 g/mol. The number of nitrogens with one attached hydrogen (secondary N) is 1. The second kappa shape index (κ2) is 8.34. The van der Waals surface area contributed by atoms with Crippen molar-refractivity contribution in [2.75, 3.05) is 7.11 Å². The fourth-order valence-electron chi connectivity index (χ4n) is 2.47. The molecule has 2 aromatic rings. The molecule has 0 heterocycles. The quantitative estimate of drug-likeness (QED) is 0.614. The summed E-state index contributed by atoms with van der Waals surface area (Å²) in [5, 5.41) is 2.89. The fourth-order valence-corrected chi connectivity index (χ4v) is 2.47. The SMILES string of the molecule is COc1cccc(/C=C/C(=O)O[C@H](C(=O)NC2CC2)c2ccccc2)c1. The van der Waals surface area contributed by atoms with Crippen LogP contribution in [0.3, 0.4) is 0 Å². The van der Waals surface area contributed by atoms with E-state index in [4.69, 9.17) is 9.47 Å². The van der Waals surface area contributed by atoms with E-state index in [1.807, 2.05) is 36.4 Å². The van der Waals surface area contributed by atoms with Gasteiger partial charge >= 0.3 is 5.97 Å². The van der Waals surface area contributed by atoms with Crippen molar-refractivity contribution in [3.05, 3.63) is 71.8 Å². The van der Waals surface area contributed by atoms with Crippen LogP contribution in [0, 0.1) is 0 Å². The van der Waals surface area contributed by atoms with Gasteiger partial charge in [0.15, 0.2) is 0 Å². The Morgan fingerprint density at radius 2 is 1.88 bits per heavy atom. The highest BCUT2D eigenvalue weighted by atomic mass is 16.5. The van der Waals surface area contributed by atoms with Gasteiger partial charge in [-0.3, -0.25) is 4.79 Å². The predicted molar refractivity (Wildman–Crippen MR) is 98.5 cm³/mol. The highest BCUT2D eigenvalue weighted by molar-refractivity contribution is 5.91. The van der Waals surface area contributed by atoms with Crippen molar-refractivity contribution >= 4 is 18.0 Å². The van der Waals surface area contributed by atoms with E-state index >= 15 is 0 Å². The van der Waals surface area contributed by atoms with Gasteiger partial charge in [-0.05, 0) is 36.6 Å². The first kappa shape index (κ1) is 17.7. The smallest absolute Gasteiger partial charge is 0.331 e. The van der Waals surface area contributed by atoms with Crippen molar-refractivity contribution < 1.29 is 19.1 Å². The second-order valence-electron chi connectivity index (χ2n) is 6.12. The molecule has 2 aromatic carbocycles. The molecule has 0 spiro atoms. The minimum atomic E-state index is -0.959. The van der Waals surface area contributed by atoms with E-state index in [0.717, 1.165) is 18.4 Å². The van der Waals surface area contributed by atoms with Crippen LogP contribution in [-0.2, 0) is 14.3 Å². The minimum Gasteiger partial charge on any atom is -0.497 e. The van der Waals surface area contributed by atoms with Crippen LogP contribution in [0.2, 0.25) is 0 Å². The second-order valence-corrected chi connectivity index (χ2v) is 6.12. The standard InChI is InChI=1S/C21H21NO4/c1-25-18-9-5-6-15(14-18)10-13-19(23)26-20(16-7-3-2-4-8-16)21(24)22-17-11-12-17/h2-10,13-14,17,20H,11-12H2,1H3,(H,22,24)/b13-10+/t20-/m0/s1. The van der Waals surface area contributed by atoms with E-state index in [9.17, 15) is 9.59 Å². The molecule has 1 atom stereocenters. The van der Waals surface area contributed by atoms with Crippen LogP contribution in [-0.4, -0.2) is 25.0 Å². The zero-order valence-corrected chi connectivity index (χ0v) is 14.6. The van der Waals surface area contributed by atoms with Gasteiger partial charge in [-0.2, -0.15) is 0 Å².